The van der Waals surface area contributed by atoms with Crippen LogP contribution >= 0.6 is 0 Å². The molecule has 4 heteroatoms. The van der Waals surface area contributed by atoms with E-state index in [2.05, 4.69) is 16.1 Å². The molecule has 0 aromatic carbocycles. The van der Waals surface area contributed by atoms with Gasteiger partial charge in [-0.3, -0.25) is 0 Å². The van der Waals surface area contributed by atoms with E-state index in [1.54, 1.807) is 6.92 Å². The highest BCUT2D eigenvalue weighted by atomic mass is 16.4. The summed E-state index contributed by atoms with van der Waals surface area (Å²) in [7, 11) is 1.53. The van der Waals surface area contributed by atoms with Gasteiger partial charge in [0.25, 0.3) is 0 Å². The number of aromatic nitrogens is 2. The molecule has 0 saturated heterocycles. The van der Waals surface area contributed by atoms with Crippen LogP contribution < -0.4 is 5.76 Å². The van der Waals surface area contributed by atoms with E-state index in [-0.39, 0.29) is 0 Å². The molecular formula is C6H8N2O2. The topological polar surface area (TPSA) is 48.0 Å². The molecule has 0 radical (unpaired) electrons. The van der Waals surface area contributed by atoms with Gasteiger partial charge in [0.15, 0.2) is 0 Å². The van der Waals surface area contributed by atoms with E-state index in [0.29, 0.717) is 11.5 Å². The fourth-order valence-corrected chi connectivity index (χ4v) is 0.519. The van der Waals surface area contributed by atoms with E-state index in [4.69, 9.17) is 0 Å². The number of hydrogen-bond acceptors (Lipinski definition) is 3. The van der Waals surface area contributed by atoms with E-state index in [1.165, 1.54) is 7.05 Å². The zero-order valence-corrected chi connectivity index (χ0v) is 5.92. The average Bonchev–Trinajstić information content (AvgIpc) is 2.13. The molecule has 4 nitrogen and oxygen atoms in total. The van der Waals surface area contributed by atoms with E-state index < -0.39 is 5.76 Å². The van der Waals surface area contributed by atoms with Gasteiger partial charge in [-0.05, 0) is 6.92 Å². The monoisotopic (exact) mass is 140 g/mol. The molecule has 0 aliphatic heterocycles. The van der Waals surface area contributed by atoms with Gasteiger partial charge >= 0.3 is 5.76 Å². The summed E-state index contributed by atoms with van der Waals surface area (Å²) in [6, 6.07) is 0. The lowest BCUT2D eigenvalue weighted by molar-refractivity contribution is 0.485. The van der Waals surface area contributed by atoms with Crippen LogP contribution in [0.25, 0.3) is 5.57 Å². The second-order valence-electron chi connectivity index (χ2n) is 2.08. The molecule has 0 N–H and O–H groups in total. The van der Waals surface area contributed by atoms with Crippen LogP contribution in [0, 0.1) is 0 Å². The molecule has 0 unspecified atom stereocenters. The van der Waals surface area contributed by atoms with Crippen LogP contribution in [0.15, 0.2) is 15.8 Å². The van der Waals surface area contributed by atoms with Gasteiger partial charge in [0.05, 0.1) is 0 Å². The Morgan fingerprint density at radius 1 is 1.80 bits per heavy atom. The van der Waals surface area contributed by atoms with Crippen LogP contribution in [0.3, 0.4) is 0 Å². The minimum atomic E-state index is -0.460. The Morgan fingerprint density at radius 3 is 2.60 bits per heavy atom. The summed E-state index contributed by atoms with van der Waals surface area (Å²) in [6.07, 6.45) is 0. The molecule has 0 amide bonds. The van der Waals surface area contributed by atoms with Crippen molar-refractivity contribution in [1.82, 2.24) is 9.78 Å². The van der Waals surface area contributed by atoms with E-state index in [0.717, 1.165) is 4.68 Å². The van der Waals surface area contributed by atoms with Gasteiger partial charge < -0.3 is 4.42 Å². The maximum absolute atomic E-state index is 10.6. The zero-order chi connectivity index (χ0) is 7.72. The highest BCUT2D eigenvalue weighted by molar-refractivity contribution is 5.51. The predicted octanol–water partition coefficient (Wildman–Crippen LogP) is 0.406. The fourth-order valence-electron chi connectivity index (χ4n) is 0.519. The number of allylic oxidation sites excluding steroid dienone is 1. The van der Waals surface area contributed by atoms with Gasteiger partial charge in [0.1, 0.15) is 0 Å². The fraction of sp³-hybridized carbons (Fsp3) is 0.333. The van der Waals surface area contributed by atoms with Gasteiger partial charge in [-0.1, -0.05) is 6.58 Å². The summed E-state index contributed by atoms with van der Waals surface area (Å²) in [6.45, 7) is 5.30. The molecule has 0 spiro atoms. The van der Waals surface area contributed by atoms with Crippen LogP contribution in [0.4, 0.5) is 0 Å². The molecule has 10 heavy (non-hydrogen) atoms. The minimum Gasteiger partial charge on any atom is -0.388 e. The second kappa shape index (κ2) is 2.13. The van der Waals surface area contributed by atoms with Gasteiger partial charge in [-0.25, -0.2) is 4.79 Å². The average molecular weight is 140 g/mol. The highest BCUT2D eigenvalue weighted by Crippen LogP contribution is 2.02. The van der Waals surface area contributed by atoms with Crippen LogP contribution in [-0.2, 0) is 7.05 Å². The van der Waals surface area contributed by atoms with Crippen LogP contribution in [-0.4, -0.2) is 9.78 Å². The molecule has 0 atom stereocenters. The molecule has 0 aliphatic rings. The maximum atomic E-state index is 10.6. The van der Waals surface area contributed by atoms with Gasteiger partial charge in [-0.2, -0.15) is 4.68 Å². The Kier molecular flexibility index (Phi) is 1.45. The van der Waals surface area contributed by atoms with Gasteiger partial charge in [0.2, 0.25) is 5.89 Å². The summed E-state index contributed by atoms with van der Waals surface area (Å²) >= 11 is 0. The third kappa shape index (κ3) is 1.00. The van der Waals surface area contributed by atoms with E-state index >= 15 is 0 Å². The number of nitrogens with zero attached hydrogens (tertiary/aromatic N) is 2. The van der Waals surface area contributed by atoms with Crippen molar-refractivity contribution >= 4 is 5.57 Å². The Morgan fingerprint density at radius 2 is 2.40 bits per heavy atom. The van der Waals surface area contributed by atoms with Crippen molar-refractivity contribution in [2.24, 2.45) is 7.05 Å². The lowest BCUT2D eigenvalue weighted by Gasteiger charge is -1.83. The third-order valence-corrected chi connectivity index (χ3v) is 1.05. The largest absolute Gasteiger partial charge is 0.437 e. The van der Waals surface area contributed by atoms with E-state index in [9.17, 15) is 4.79 Å². The first-order valence-corrected chi connectivity index (χ1v) is 2.81. The molecule has 0 saturated carbocycles. The second-order valence-corrected chi connectivity index (χ2v) is 2.08. The first-order valence-electron chi connectivity index (χ1n) is 2.81. The van der Waals surface area contributed by atoms with Crippen molar-refractivity contribution in [2.75, 3.05) is 0 Å². The first-order chi connectivity index (χ1) is 4.61. The maximum Gasteiger partial charge on any atom is 0.437 e. The smallest absolute Gasteiger partial charge is 0.388 e. The molecule has 1 aromatic heterocycles. The van der Waals surface area contributed by atoms with Crippen molar-refractivity contribution in [3.05, 3.63) is 23.0 Å². The third-order valence-electron chi connectivity index (χ3n) is 1.05. The summed E-state index contributed by atoms with van der Waals surface area (Å²) in [4.78, 5) is 10.6. The number of hydrogen-bond donors (Lipinski definition) is 0. The van der Waals surface area contributed by atoms with Crippen LogP contribution in [0.2, 0.25) is 0 Å². The normalized spacial score (nSPS) is 9.80. The SMILES string of the molecule is C=C(C)c1nn(C)c(=O)o1. The quantitative estimate of drug-likeness (QED) is 0.567. The number of aryl methyl sites for hydroxylation is 1. The summed E-state index contributed by atoms with van der Waals surface area (Å²) in [5, 5.41) is 3.75. The van der Waals surface area contributed by atoms with E-state index in [1.807, 2.05) is 0 Å². The summed E-state index contributed by atoms with van der Waals surface area (Å²) < 4.78 is 5.80. The molecule has 0 aliphatic carbocycles. The first kappa shape index (κ1) is 6.80. The Labute approximate surface area is 57.8 Å². The molecule has 0 fully saturated rings. The van der Waals surface area contributed by atoms with Crippen molar-refractivity contribution in [2.45, 2.75) is 6.92 Å². The lowest BCUT2D eigenvalue weighted by Crippen LogP contribution is -2.09. The summed E-state index contributed by atoms with van der Waals surface area (Å²) in [5.41, 5.74) is 0.651. The van der Waals surface area contributed by atoms with Crippen molar-refractivity contribution in [3.8, 4) is 0 Å². The standard InChI is InChI=1S/C6H8N2O2/c1-4(2)5-7-8(3)6(9)10-5/h1H2,2-3H3. The molecule has 0 bridgehead atoms. The Bertz CT molecular complexity index is 308. The summed E-state index contributed by atoms with van der Waals surface area (Å²) in [5.74, 6) is -0.162. The minimum absolute atomic E-state index is 0.299. The molecule has 1 heterocycles. The molecular weight excluding hydrogens is 132 g/mol. The van der Waals surface area contributed by atoms with Gasteiger partial charge in [0, 0.05) is 12.6 Å². The number of rotatable bonds is 1. The molecule has 1 rings (SSSR count). The van der Waals surface area contributed by atoms with Crippen LogP contribution in [0.5, 0.6) is 0 Å². The predicted molar refractivity (Wildman–Crippen MR) is 36.5 cm³/mol. The highest BCUT2D eigenvalue weighted by Gasteiger charge is 2.02. The van der Waals surface area contributed by atoms with Crippen molar-refractivity contribution < 1.29 is 4.42 Å². The molecule has 1 aromatic rings. The lowest BCUT2D eigenvalue weighted by atomic mass is 10.4. The van der Waals surface area contributed by atoms with Crippen molar-refractivity contribution in [3.63, 3.8) is 0 Å². The Hall–Kier alpha value is -1.32. The zero-order valence-electron chi connectivity index (χ0n) is 5.92. The molecule has 54 valence electrons. The Balaban J connectivity index is 3.23. The van der Waals surface area contributed by atoms with Crippen LogP contribution in [0.1, 0.15) is 12.8 Å². The van der Waals surface area contributed by atoms with Crippen molar-refractivity contribution in [1.29, 1.82) is 0 Å². The van der Waals surface area contributed by atoms with Gasteiger partial charge in [-0.15, -0.1) is 5.10 Å².